The Hall–Kier alpha value is -0.160. The van der Waals surface area contributed by atoms with Gasteiger partial charge in [-0.05, 0) is 11.8 Å². The summed E-state index contributed by atoms with van der Waals surface area (Å²) < 4.78 is 12.3. The summed E-state index contributed by atoms with van der Waals surface area (Å²) in [4.78, 5) is 0. The van der Waals surface area contributed by atoms with Crippen LogP contribution in [-0.2, 0) is 9.47 Å². The minimum atomic E-state index is 0.103. The molecule has 0 aromatic rings. The van der Waals surface area contributed by atoms with Crippen molar-refractivity contribution in [3.8, 4) is 0 Å². The van der Waals surface area contributed by atoms with Gasteiger partial charge in [0.05, 0.1) is 24.4 Å². The van der Waals surface area contributed by atoms with Crippen molar-refractivity contribution in [2.24, 2.45) is 35.5 Å². The minimum absolute atomic E-state index is 0.103. The summed E-state index contributed by atoms with van der Waals surface area (Å²) in [5.74, 6) is 2.29. The molecule has 2 N–H and O–H groups in total. The number of aliphatic hydroxyl groups is 2. The Morgan fingerprint density at radius 1 is 0.722 bits per heavy atom. The highest BCUT2D eigenvalue weighted by atomic mass is 16.5. The monoisotopic (exact) mass is 254 g/mol. The van der Waals surface area contributed by atoms with Gasteiger partial charge in [-0.15, -0.1) is 0 Å². The van der Waals surface area contributed by atoms with E-state index in [1.54, 1.807) is 0 Å². The van der Waals surface area contributed by atoms with Gasteiger partial charge in [0.1, 0.15) is 0 Å². The summed E-state index contributed by atoms with van der Waals surface area (Å²) in [5.41, 5.74) is 0. The van der Waals surface area contributed by atoms with Crippen LogP contribution in [0, 0.1) is 35.5 Å². The van der Waals surface area contributed by atoms with Crippen LogP contribution in [0.25, 0.3) is 0 Å². The quantitative estimate of drug-likeness (QED) is 0.742. The highest BCUT2D eigenvalue weighted by Crippen LogP contribution is 2.62. The molecule has 102 valence electrons. The van der Waals surface area contributed by atoms with Crippen molar-refractivity contribution in [2.45, 2.75) is 38.3 Å². The van der Waals surface area contributed by atoms with E-state index in [0.717, 1.165) is 0 Å². The van der Waals surface area contributed by atoms with Gasteiger partial charge in [0.15, 0.2) is 0 Å². The van der Waals surface area contributed by atoms with Crippen molar-refractivity contribution in [2.75, 3.05) is 13.2 Å². The number of hydrogen-bond donors (Lipinski definition) is 2. The third-order valence-electron chi connectivity index (χ3n) is 6.27. The van der Waals surface area contributed by atoms with E-state index >= 15 is 0 Å². The van der Waals surface area contributed by atoms with Crippen LogP contribution in [0.4, 0.5) is 0 Å². The van der Waals surface area contributed by atoms with Gasteiger partial charge in [-0.2, -0.15) is 0 Å². The lowest BCUT2D eigenvalue weighted by Crippen LogP contribution is -2.50. The van der Waals surface area contributed by atoms with Crippen molar-refractivity contribution in [1.29, 1.82) is 0 Å². The molecular weight excluding hydrogens is 232 g/mol. The summed E-state index contributed by atoms with van der Waals surface area (Å²) in [5, 5.41) is 19.1. The number of aliphatic hydroxyl groups excluding tert-OH is 2. The molecule has 4 heteroatoms. The van der Waals surface area contributed by atoms with Gasteiger partial charge in [0, 0.05) is 36.9 Å². The van der Waals surface area contributed by atoms with Crippen molar-refractivity contribution >= 4 is 0 Å². The molecular formula is C14H22O4. The molecule has 10 unspecified atom stereocenters. The van der Waals surface area contributed by atoms with Crippen LogP contribution in [-0.4, -0.2) is 47.8 Å². The summed E-state index contributed by atoms with van der Waals surface area (Å²) in [6.07, 6.45) is 0.816. The molecule has 4 saturated heterocycles. The lowest BCUT2D eigenvalue weighted by molar-refractivity contribution is -0.0119. The van der Waals surface area contributed by atoms with Gasteiger partial charge >= 0.3 is 0 Å². The van der Waals surface area contributed by atoms with Crippen molar-refractivity contribution in [1.82, 2.24) is 0 Å². The minimum Gasteiger partial charge on any atom is -0.396 e. The second-order valence-corrected chi connectivity index (χ2v) is 6.70. The maximum Gasteiger partial charge on any atom is 0.0691 e. The van der Waals surface area contributed by atoms with Gasteiger partial charge in [0.2, 0.25) is 0 Å². The summed E-state index contributed by atoms with van der Waals surface area (Å²) in [7, 11) is 0. The predicted octanol–water partition coefficient (Wildman–Crippen LogP) is 0.270. The molecule has 4 nitrogen and oxygen atoms in total. The first-order valence-corrected chi connectivity index (χ1v) is 7.21. The molecule has 0 radical (unpaired) electrons. The molecule has 4 aliphatic rings. The highest BCUT2D eigenvalue weighted by molar-refractivity contribution is 5.16. The Labute approximate surface area is 107 Å². The second-order valence-electron chi connectivity index (χ2n) is 6.70. The van der Waals surface area contributed by atoms with Crippen LogP contribution in [0.5, 0.6) is 0 Å². The van der Waals surface area contributed by atoms with Crippen LogP contribution < -0.4 is 0 Å². The Bertz CT molecular complexity index is 328. The molecule has 4 heterocycles. The van der Waals surface area contributed by atoms with E-state index in [1.165, 1.54) is 0 Å². The topological polar surface area (TPSA) is 58.9 Å². The van der Waals surface area contributed by atoms with E-state index < -0.39 is 0 Å². The first-order valence-electron chi connectivity index (χ1n) is 7.21. The zero-order chi connectivity index (χ0) is 12.6. The van der Waals surface area contributed by atoms with Crippen LogP contribution >= 0.6 is 0 Å². The van der Waals surface area contributed by atoms with E-state index in [4.69, 9.17) is 9.47 Å². The van der Waals surface area contributed by atoms with Gasteiger partial charge < -0.3 is 19.7 Å². The molecule has 4 aliphatic heterocycles. The van der Waals surface area contributed by atoms with Gasteiger partial charge in [-0.1, -0.05) is 13.8 Å². The Kier molecular flexibility index (Phi) is 2.39. The lowest BCUT2D eigenvalue weighted by atomic mass is 9.59. The van der Waals surface area contributed by atoms with Gasteiger partial charge in [-0.3, -0.25) is 0 Å². The first-order chi connectivity index (χ1) is 8.69. The third-order valence-corrected chi connectivity index (χ3v) is 6.27. The third kappa shape index (κ3) is 1.12. The fourth-order valence-corrected chi connectivity index (χ4v) is 5.26. The fraction of sp³-hybridized carbons (Fsp3) is 1.00. The molecule has 4 bridgehead atoms. The fourth-order valence-electron chi connectivity index (χ4n) is 5.26. The van der Waals surface area contributed by atoms with E-state index in [-0.39, 0.29) is 37.3 Å². The molecule has 18 heavy (non-hydrogen) atoms. The summed E-state index contributed by atoms with van der Waals surface area (Å²) in [6.45, 7) is 4.79. The number of ether oxygens (including phenoxy) is 2. The lowest BCUT2D eigenvalue weighted by Gasteiger charge is -2.40. The Morgan fingerprint density at radius 2 is 1.11 bits per heavy atom. The second kappa shape index (κ2) is 3.69. The largest absolute Gasteiger partial charge is 0.396 e. The smallest absolute Gasteiger partial charge is 0.0691 e. The summed E-state index contributed by atoms with van der Waals surface area (Å²) >= 11 is 0. The maximum absolute atomic E-state index is 9.57. The molecule has 0 amide bonds. The number of rotatable bonds is 2. The molecule has 4 rings (SSSR count). The number of fused-ring (bicyclic) bond motifs is 9. The molecule has 0 saturated carbocycles. The summed E-state index contributed by atoms with van der Waals surface area (Å²) in [6, 6.07) is 0. The average Bonchev–Trinajstić information content (AvgIpc) is 3.07. The van der Waals surface area contributed by atoms with Crippen LogP contribution in [0.3, 0.4) is 0 Å². The SMILES string of the molecule is CC1C(C)C2OC1C1C3OC(C(CO)C3CO)C21. The standard InChI is InChI=1S/C14H22O4/c1-5-6(2)12-10-9(11(5)17-12)13-7(3-15)8(4-16)14(10)18-13/h5-16H,3-4H2,1-2H3. The van der Waals surface area contributed by atoms with Gasteiger partial charge in [-0.25, -0.2) is 0 Å². The molecule has 0 spiro atoms. The maximum atomic E-state index is 9.57. The van der Waals surface area contributed by atoms with Crippen LogP contribution in [0.1, 0.15) is 13.8 Å². The molecule has 4 fully saturated rings. The number of hydrogen-bond acceptors (Lipinski definition) is 4. The average molecular weight is 254 g/mol. The Morgan fingerprint density at radius 3 is 1.50 bits per heavy atom. The normalized spacial score (nSPS) is 64.7. The first kappa shape index (κ1) is 11.6. The molecule has 0 aromatic carbocycles. The zero-order valence-electron chi connectivity index (χ0n) is 10.9. The zero-order valence-corrected chi connectivity index (χ0v) is 10.9. The van der Waals surface area contributed by atoms with Crippen LogP contribution in [0.2, 0.25) is 0 Å². The van der Waals surface area contributed by atoms with Crippen molar-refractivity contribution in [3.63, 3.8) is 0 Å². The van der Waals surface area contributed by atoms with Gasteiger partial charge in [0.25, 0.3) is 0 Å². The van der Waals surface area contributed by atoms with E-state index in [0.29, 0.717) is 35.9 Å². The van der Waals surface area contributed by atoms with Crippen molar-refractivity contribution in [3.05, 3.63) is 0 Å². The molecule has 10 atom stereocenters. The van der Waals surface area contributed by atoms with Crippen molar-refractivity contribution < 1.29 is 19.7 Å². The molecule has 0 aliphatic carbocycles. The predicted molar refractivity (Wildman–Crippen MR) is 63.8 cm³/mol. The van der Waals surface area contributed by atoms with E-state index in [1.807, 2.05) is 0 Å². The molecule has 0 aromatic heterocycles. The highest BCUT2D eigenvalue weighted by Gasteiger charge is 2.70. The van der Waals surface area contributed by atoms with Crippen LogP contribution in [0.15, 0.2) is 0 Å². The van der Waals surface area contributed by atoms with E-state index in [9.17, 15) is 10.2 Å². The Balaban J connectivity index is 1.68. The van der Waals surface area contributed by atoms with E-state index in [2.05, 4.69) is 13.8 Å².